The van der Waals surface area contributed by atoms with E-state index in [9.17, 15) is 9.59 Å². The average molecular weight is 291 g/mol. The van der Waals surface area contributed by atoms with Crippen molar-refractivity contribution < 1.29 is 14.7 Å². The Morgan fingerprint density at radius 3 is 2.67 bits per heavy atom. The normalized spacial score (nSPS) is 13.8. The molecule has 6 nitrogen and oxygen atoms in total. The lowest BCUT2D eigenvalue weighted by atomic mass is 10.3. The minimum atomic E-state index is -0.874. The van der Waals surface area contributed by atoms with Crippen molar-refractivity contribution in [3.05, 3.63) is 30.1 Å². The fraction of sp³-hybridized carbons (Fsp3) is 0.533. The molecule has 114 valence electrons. The molecule has 2 rings (SSSR count). The van der Waals surface area contributed by atoms with Gasteiger partial charge in [-0.3, -0.25) is 9.78 Å². The molecule has 0 radical (unpaired) electrons. The van der Waals surface area contributed by atoms with E-state index in [1.54, 1.807) is 16.0 Å². The number of hydrogen-bond acceptors (Lipinski definition) is 3. The summed E-state index contributed by atoms with van der Waals surface area (Å²) < 4.78 is 0. The molecule has 1 aliphatic carbocycles. The highest BCUT2D eigenvalue weighted by atomic mass is 16.4. The molecule has 1 aromatic rings. The lowest BCUT2D eigenvalue weighted by Gasteiger charge is -2.29. The van der Waals surface area contributed by atoms with Gasteiger partial charge in [-0.25, -0.2) is 4.79 Å². The van der Waals surface area contributed by atoms with E-state index >= 15 is 0 Å². The van der Waals surface area contributed by atoms with Crippen LogP contribution in [0, 0.1) is 0 Å². The van der Waals surface area contributed by atoms with Crippen molar-refractivity contribution in [2.45, 2.75) is 38.8 Å². The van der Waals surface area contributed by atoms with Gasteiger partial charge in [0.2, 0.25) is 0 Å². The highest BCUT2D eigenvalue weighted by Crippen LogP contribution is 2.28. The van der Waals surface area contributed by atoms with E-state index in [-0.39, 0.29) is 25.0 Å². The van der Waals surface area contributed by atoms with Gasteiger partial charge in [-0.15, -0.1) is 0 Å². The number of rotatable bonds is 7. The van der Waals surface area contributed by atoms with Gasteiger partial charge in [0.15, 0.2) is 0 Å². The number of carbonyl (C=O) groups excluding carboxylic acids is 1. The maximum absolute atomic E-state index is 12.6. The number of aromatic nitrogens is 1. The van der Waals surface area contributed by atoms with E-state index in [0.717, 1.165) is 18.5 Å². The van der Waals surface area contributed by atoms with Gasteiger partial charge in [-0.2, -0.15) is 0 Å². The maximum Gasteiger partial charge on any atom is 0.320 e. The molecule has 0 atom stereocenters. The van der Waals surface area contributed by atoms with Crippen LogP contribution in [0.15, 0.2) is 24.4 Å². The number of aliphatic carboxylic acids is 1. The van der Waals surface area contributed by atoms with Crippen molar-refractivity contribution in [2.24, 2.45) is 0 Å². The molecule has 0 spiro atoms. The molecule has 0 saturated heterocycles. The van der Waals surface area contributed by atoms with Crippen LogP contribution >= 0.6 is 0 Å². The predicted octanol–water partition coefficient (Wildman–Crippen LogP) is 1.96. The second-order valence-corrected chi connectivity index (χ2v) is 5.19. The summed E-state index contributed by atoms with van der Waals surface area (Å²) in [5, 5.41) is 8.82. The Labute approximate surface area is 124 Å². The quantitative estimate of drug-likeness (QED) is 0.833. The number of nitrogens with zero attached hydrogens (tertiary/aromatic N) is 3. The third-order valence-corrected chi connectivity index (χ3v) is 3.53. The first-order valence-electron chi connectivity index (χ1n) is 7.29. The molecule has 0 unspecified atom stereocenters. The molecule has 0 aliphatic heterocycles. The first kappa shape index (κ1) is 15.3. The molecule has 1 heterocycles. The molecule has 1 N–H and O–H groups in total. The second kappa shape index (κ2) is 7.06. The van der Waals surface area contributed by atoms with Crippen molar-refractivity contribution in [3.8, 4) is 0 Å². The zero-order valence-electron chi connectivity index (χ0n) is 12.2. The van der Waals surface area contributed by atoms with Crippen LogP contribution in [0.25, 0.3) is 0 Å². The largest absolute Gasteiger partial charge is 0.481 e. The first-order chi connectivity index (χ1) is 10.1. The topological polar surface area (TPSA) is 73.7 Å². The van der Waals surface area contributed by atoms with Gasteiger partial charge in [0.1, 0.15) is 0 Å². The van der Waals surface area contributed by atoms with Gasteiger partial charge < -0.3 is 14.9 Å². The highest BCUT2D eigenvalue weighted by Gasteiger charge is 2.34. The van der Waals surface area contributed by atoms with Gasteiger partial charge in [0, 0.05) is 25.3 Å². The summed E-state index contributed by atoms with van der Waals surface area (Å²) in [6.45, 7) is 3.22. The number of amides is 2. The van der Waals surface area contributed by atoms with Crippen LogP contribution in [0.4, 0.5) is 4.79 Å². The number of pyridine rings is 1. The minimum Gasteiger partial charge on any atom is -0.481 e. The van der Waals surface area contributed by atoms with E-state index in [4.69, 9.17) is 5.11 Å². The number of carboxylic acids is 1. The van der Waals surface area contributed by atoms with Crippen molar-refractivity contribution in [1.82, 2.24) is 14.8 Å². The van der Waals surface area contributed by atoms with E-state index in [0.29, 0.717) is 13.1 Å². The molecule has 1 saturated carbocycles. The van der Waals surface area contributed by atoms with Gasteiger partial charge in [-0.05, 0) is 31.9 Å². The molecule has 0 bridgehead atoms. The standard InChI is InChI=1S/C15H21N3O3/c1-2-17(11-12-5-3-4-9-16-12)15(21)18(13-6-7-13)10-8-14(19)20/h3-5,9,13H,2,6-8,10-11H2,1H3,(H,19,20). The molecule has 1 aromatic heterocycles. The Balaban J connectivity index is 2.00. The minimum absolute atomic E-state index is 0.0105. The van der Waals surface area contributed by atoms with Crippen LogP contribution in [0.1, 0.15) is 31.9 Å². The van der Waals surface area contributed by atoms with Crippen LogP contribution in [0.3, 0.4) is 0 Å². The fourth-order valence-electron chi connectivity index (χ4n) is 2.22. The summed E-state index contributed by atoms with van der Waals surface area (Å²) in [6, 6.07) is 5.73. The Kier molecular flexibility index (Phi) is 5.14. The Morgan fingerprint density at radius 1 is 1.38 bits per heavy atom. The summed E-state index contributed by atoms with van der Waals surface area (Å²) in [7, 11) is 0. The van der Waals surface area contributed by atoms with Crippen LogP contribution < -0.4 is 0 Å². The first-order valence-corrected chi connectivity index (χ1v) is 7.29. The molecular weight excluding hydrogens is 270 g/mol. The fourth-order valence-corrected chi connectivity index (χ4v) is 2.22. The van der Waals surface area contributed by atoms with E-state index in [1.165, 1.54) is 0 Å². The van der Waals surface area contributed by atoms with Crippen molar-refractivity contribution in [1.29, 1.82) is 0 Å². The van der Waals surface area contributed by atoms with Gasteiger partial charge in [0.05, 0.1) is 18.7 Å². The zero-order valence-corrected chi connectivity index (χ0v) is 12.2. The lowest BCUT2D eigenvalue weighted by molar-refractivity contribution is -0.137. The number of carboxylic acid groups (broad SMARTS) is 1. The van der Waals surface area contributed by atoms with Crippen LogP contribution in [-0.4, -0.2) is 51.0 Å². The molecule has 6 heteroatoms. The summed E-state index contributed by atoms with van der Waals surface area (Å²) in [5.41, 5.74) is 0.835. The number of carbonyl (C=O) groups is 2. The zero-order chi connectivity index (χ0) is 15.2. The summed E-state index contributed by atoms with van der Waals surface area (Å²) in [6.07, 6.45) is 3.62. The van der Waals surface area contributed by atoms with Gasteiger partial charge in [-0.1, -0.05) is 6.07 Å². The molecule has 21 heavy (non-hydrogen) atoms. The van der Waals surface area contributed by atoms with E-state index < -0.39 is 5.97 Å². The van der Waals surface area contributed by atoms with E-state index in [1.807, 2.05) is 25.1 Å². The maximum atomic E-state index is 12.6. The molecule has 2 amide bonds. The highest BCUT2D eigenvalue weighted by molar-refractivity contribution is 5.76. The molecule has 1 fully saturated rings. The third kappa shape index (κ3) is 4.44. The summed E-state index contributed by atoms with van der Waals surface area (Å²) in [4.78, 5) is 31.0. The Morgan fingerprint density at radius 2 is 2.14 bits per heavy atom. The molecular formula is C15H21N3O3. The second-order valence-electron chi connectivity index (χ2n) is 5.19. The van der Waals surface area contributed by atoms with Crippen molar-refractivity contribution >= 4 is 12.0 Å². The van der Waals surface area contributed by atoms with Crippen molar-refractivity contribution in [3.63, 3.8) is 0 Å². The molecule has 0 aromatic carbocycles. The number of urea groups is 1. The predicted molar refractivity (Wildman–Crippen MR) is 77.7 cm³/mol. The van der Waals surface area contributed by atoms with Gasteiger partial charge in [0.25, 0.3) is 0 Å². The van der Waals surface area contributed by atoms with Crippen LogP contribution in [0.5, 0.6) is 0 Å². The number of hydrogen-bond donors (Lipinski definition) is 1. The van der Waals surface area contributed by atoms with Crippen LogP contribution in [0.2, 0.25) is 0 Å². The van der Waals surface area contributed by atoms with Crippen molar-refractivity contribution in [2.75, 3.05) is 13.1 Å². The summed E-state index contributed by atoms with van der Waals surface area (Å²) >= 11 is 0. The Hall–Kier alpha value is -2.11. The average Bonchev–Trinajstić information content (AvgIpc) is 3.30. The van der Waals surface area contributed by atoms with Gasteiger partial charge >= 0.3 is 12.0 Å². The third-order valence-electron chi connectivity index (χ3n) is 3.53. The van der Waals surface area contributed by atoms with Crippen LogP contribution in [-0.2, 0) is 11.3 Å². The lowest BCUT2D eigenvalue weighted by Crippen LogP contribution is -2.44. The smallest absolute Gasteiger partial charge is 0.320 e. The summed E-state index contributed by atoms with van der Waals surface area (Å²) in [5.74, 6) is -0.874. The monoisotopic (exact) mass is 291 g/mol. The molecule has 1 aliphatic rings. The SMILES string of the molecule is CCN(Cc1ccccn1)C(=O)N(CCC(=O)O)C1CC1. The van der Waals surface area contributed by atoms with E-state index in [2.05, 4.69) is 4.98 Å². The Bertz CT molecular complexity index is 488.